The van der Waals surface area contributed by atoms with Gasteiger partial charge in [-0.05, 0) is 52.5 Å². The first-order chi connectivity index (χ1) is 8.78. The van der Waals surface area contributed by atoms with Gasteiger partial charge in [0.05, 0.1) is 0 Å². The Labute approximate surface area is 117 Å². The lowest BCUT2D eigenvalue weighted by Crippen LogP contribution is -2.43. The van der Waals surface area contributed by atoms with Crippen LogP contribution >= 0.6 is 0 Å². The van der Waals surface area contributed by atoms with Gasteiger partial charge in [-0.2, -0.15) is 0 Å². The number of ether oxygens (including phenoxy) is 1. The van der Waals surface area contributed by atoms with Crippen LogP contribution in [-0.4, -0.2) is 42.3 Å². The van der Waals surface area contributed by atoms with Crippen molar-refractivity contribution in [2.24, 2.45) is 5.92 Å². The molecule has 4 heteroatoms. The fourth-order valence-electron chi connectivity index (χ4n) is 2.37. The summed E-state index contributed by atoms with van der Waals surface area (Å²) in [6.45, 7) is 12.8. The number of rotatable bonds is 4. The van der Waals surface area contributed by atoms with Crippen molar-refractivity contribution in [2.75, 3.05) is 19.6 Å². The second kappa shape index (κ2) is 7.13. The zero-order valence-corrected chi connectivity index (χ0v) is 13.2. The third-order valence-electron chi connectivity index (χ3n) is 3.28. The largest absolute Gasteiger partial charge is 0.444 e. The minimum absolute atomic E-state index is 0.158. The van der Waals surface area contributed by atoms with Gasteiger partial charge in [-0.3, -0.25) is 0 Å². The molecule has 4 nitrogen and oxygen atoms in total. The van der Waals surface area contributed by atoms with Crippen LogP contribution in [0.1, 0.15) is 53.9 Å². The van der Waals surface area contributed by atoms with Crippen LogP contribution in [0.15, 0.2) is 0 Å². The number of carbonyl (C=O) groups is 1. The van der Waals surface area contributed by atoms with Crippen LogP contribution in [0.3, 0.4) is 0 Å². The molecule has 1 N–H and O–H groups in total. The Bertz CT molecular complexity index is 284. The lowest BCUT2D eigenvalue weighted by atomic mass is 9.95. The van der Waals surface area contributed by atoms with Gasteiger partial charge in [0.25, 0.3) is 0 Å². The number of likely N-dealkylation sites (tertiary alicyclic amines) is 1. The van der Waals surface area contributed by atoms with E-state index < -0.39 is 5.60 Å². The Kier molecular flexibility index (Phi) is 6.11. The van der Waals surface area contributed by atoms with E-state index in [9.17, 15) is 4.79 Å². The van der Waals surface area contributed by atoms with Crippen LogP contribution in [0.2, 0.25) is 0 Å². The molecule has 0 spiro atoms. The lowest BCUT2D eigenvalue weighted by Gasteiger charge is -2.34. The molecule has 1 heterocycles. The number of hydrogen-bond acceptors (Lipinski definition) is 3. The van der Waals surface area contributed by atoms with Gasteiger partial charge < -0.3 is 15.0 Å². The van der Waals surface area contributed by atoms with Crippen molar-refractivity contribution in [3.05, 3.63) is 0 Å². The average Bonchev–Trinajstić information content (AvgIpc) is 2.26. The van der Waals surface area contributed by atoms with Gasteiger partial charge in [0.2, 0.25) is 0 Å². The molecule has 1 aliphatic rings. The molecule has 1 amide bonds. The molecular formula is C15H30N2O2. The third kappa shape index (κ3) is 6.81. The highest BCUT2D eigenvalue weighted by Gasteiger charge is 2.27. The average molecular weight is 270 g/mol. The molecule has 1 rings (SSSR count). The van der Waals surface area contributed by atoms with E-state index in [2.05, 4.69) is 19.2 Å². The molecule has 0 bridgehead atoms. The summed E-state index contributed by atoms with van der Waals surface area (Å²) in [6, 6.07) is 0.533. The first kappa shape index (κ1) is 16.3. The zero-order chi connectivity index (χ0) is 14.5. The Morgan fingerprint density at radius 2 is 2.11 bits per heavy atom. The van der Waals surface area contributed by atoms with Gasteiger partial charge in [-0.15, -0.1) is 0 Å². The molecule has 1 aliphatic heterocycles. The summed E-state index contributed by atoms with van der Waals surface area (Å²) in [5, 5.41) is 3.44. The molecule has 0 aliphatic carbocycles. The Balaban J connectivity index is 2.35. The molecule has 0 radical (unpaired) electrons. The molecule has 1 saturated heterocycles. The Morgan fingerprint density at radius 1 is 1.42 bits per heavy atom. The number of nitrogens with zero attached hydrogens (tertiary/aromatic N) is 1. The van der Waals surface area contributed by atoms with E-state index in [1.807, 2.05) is 25.7 Å². The molecule has 0 aromatic heterocycles. The number of amides is 1. The lowest BCUT2D eigenvalue weighted by molar-refractivity contribution is 0.0161. The van der Waals surface area contributed by atoms with Crippen LogP contribution in [0.25, 0.3) is 0 Å². The van der Waals surface area contributed by atoms with E-state index in [0.717, 1.165) is 32.5 Å². The summed E-state index contributed by atoms with van der Waals surface area (Å²) >= 11 is 0. The van der Waals surface area contributed by atoms with Crippen LogP contribution in [0.4, 0.5) is 4.79 Å². The SMILES string of the molecule is CC(C)NCCC1CCCN(C(=O)OC(C)(C)C)C1. The standard InChI is InChI=1S/C15H30N2O2/c1-12(2)16-9-8-13-7-6-10-17(11-13)14(18)19-15(3,4)5/h12-13,16H,6-11H2,1-5H3. The highest BCUT2D eigenvalue weighted by molar-refractivity contribution is 5.68. The molecular weight excluding hydrogens is 240 g/mol. The summed E-state index contributed by atoms with van der Waals surface area (Å²) in [7, 11) is 0. The Hall–Kier alpha value is -0.770. The normalized spacial score (nSPS) is 20.7. The van der Waals surface area contributed by atoms with Crippen molar-refractivity contribution in [3.8, 4) is 0 Å². The van der Waals surface area contributed by atoms with Crippen molar-refractivity contribution in [2.45, 2.75) is 65.5 Å². The monoisotopic (exact) mass is 270 g/mol. The van der Waals surface area contributed by atoms with Crippen LogP contribution in [0.5, 0.6) is 0 Å². The molecule has 0 saturated carbocycles. The molecule has 0 aromatic rings. The molecule has 112 valence electrons. The molecule has 19 heavy (non-hydrogen) atoms. The van der Waals surface area contributed by atoms with Crippen molar-refractivity contribution >= 4 is 6.09 Å². The second-order valence-corrected chi connectivity index (χ2v) is 6.83. The van der Waals surface area contributed by atoms with Gasteiger partial charge in [0, 0.05) is 19.1 Å². The number of nitrogens with one attached hydrogen (secondary N) is 1. The molecule has 0 aromatic carbocycles. The summed E-state index contributed by atoms with van der Waals surface area (Å²) in [4.78, 5) is 13.9. The first-order valence-electron chi connectivity index (χ1n) is 7.49. The summed E-state index contributed by atoms with van der Waals surface area (Å²) in [5.41, 5.74) is -0.400. The number of piperidine rings is 1. The number of carbonyl (C=O) groups excluding carboxylic acids is 1. The molecule has 1 atom stereocenters. The predicted molar refractivity (Wildman–Crippen MR) is 78.3 cm³/mol. The highest BCUT2D eigenvalue weighted by Crippen LogP contribution is 2.21. The predicted octanol–water partition coefficient (Wildman–Crippen LogP) is 3.02. The van der Waals surface area contributed by atoms with Gasteiger partial charge in [0.15, 0.2) is 0 Å². The summed E-state index contributed by atoms with van der Waals surface area (Å²) < 4.78 is 5.44. The smallest absolute Gasteiger partial charge is 0.410 e. The van der Waals surface area contributed by atoms with Crippen molar-refractivity contribution < 1.29 is 9.53 Å². The Morgan fingerprint density at radius 3 is 2.68 bits per heavy atom. The zero-order valence-electron chi connectivity index (χ0n) is 13.2. The summed E-state index contributed by atoms with van der Waals surface area (Å²) in [5.74, 6) is 0.604. The van der Waals surface area contributed by atoms with Crippen molar-refractivity contribution in [3.63, 3.8) is 0 Å². The van der Waals surface area contributed by atoms with Crippen LogP contribution in [-0.2, 0) is 4.74 Å². The van der Waals surface area contributed by atoms with E-state index >= 15 is 0 Å². The molecule has 1 fully saturated rings. The van der Waals surface area contributed by atoms with Gasteiger partial charge in [0.1, 0.15) is 5.60 Å². The fourth-order valence-corrected chi connectivity index (χ4v) is 2.37. The van der Waals surface area contributed by atoms with Gasteiger partial charge in [-0.25, -0.2) is 4.79 Å². The summed E-state index contributed by atoms with van der Waals surface area (Å²) in [6.07, 6.45) is 3.29. The van der Waals surface area contributed by atoms with Gasteiger partial charge in [-0.1, -0.05) is 13.8 Å². The topological polar surface area (TPSA) is 41.6 Å². The number of hydrogen-bond donors (Lipinski definition) is 1. The van der Waals surface area contributed by atoms with E-state index in [1.165, 1.54) is 6.42 Å². The van der Waals surface area contributed by atoms with E-state index in [4.69, 9.17) is 4.74 Å². The van der Waals surface area contributed by atoms with Crippen molar-refractivity contribution in [1.29, 1.82) is 0 Å². The minimum atomic E-state index is -0.400. The maximum Gasteiger partial charge on any atom is 0.410 e. The maximum absolute atomic E-state index is 12.0. The quantitative estimate of drug-likeness (QED) is 0.854. The first-order valence-corrected chi connectivity index (χ1v) is 7.49. The van der Waals surface area contributed by atoms with Crippen molar-refractivity contribution in [1.82, 2.24) is 10.2 Å². The third-order valence-corrected chi connectivity index (χ3v) is 3.28. The van der Waals surface area contributed by atoms with Gasteiger partial charge >= 0.3 is 6.09 Å². The van der Waals surface area contributed by atoms with Crippen LogP contribution in [0, 0.1) is 5.92 Å². The second-order valence-electron chi connectivity index (χ2n) is 6.83. The minimum Gasteiger partial charge on any atom is -0.444 e. The van der Waals surface area contributed by atoms with E-state index in [0.29, 0.717) is 12.0 Å². The van der Waals surface area contributed by atoms with E-state index in [-0.39, 0.29) is 6.09 Å². The molecule has 1 unspecified atom stereocenters. The maximum atomic E-state index is 12.0. The highest BCUT2D eigenvalue weighted by atomic mass is 16.6. The fraction of sp³-hybridized carbons (Fsp3) is 0.933. The van der Waals surface area contributed by atoms with Crippen LogP contribution < -0.4 is 5.32 Å². The van der Waals surface area contributed by atoms with E-state index in [1.54, 1.807) is 0 Å².